The lowest BCUT2D eigenvalue weighted by Gasteiger charge is -2.41. The molecular weight excluding hydrogens is 191 g/mol. The minimum Gasteiger partial charge on any atom is -0.316 e. The molecule has 1 aromatic rings. The van der Waals surface area contributed by atoms with Gasteiger partial charge in [0.05, 0.1) is 5.69 Å². The Balaban J connectivity index is 2.22. The first kappa shape index (κ1) is 10.6. The summed E-state index contributed by atoms with van der Waals surface area (Å²) in [7, 11) is 0. The maximum atomic E-state index is 13.6. The zero-order valence-electron chi connectivity index (χ0n) is 9.09. The smallest absolute Gasteiger partial charge is 0.145 e. The molecule has 3 heteroatoms. The molecule has 1 fully saturated rings. The Hall–Kier alpha value is -0.960. The number of pyridine rings is 1. The molecule has 1 heterocycles. The average Bonchev–Trinajstić information content (AvgIpc) is 2.19. The minimum atomic E-state index is -0.157. The second-order valence-electron chi connectivity index (χ2n) is 4.25. The van der Waals surface area contributed by atoms with Crippen LogP contribution in [-0.4, -0.2) is 18.1 Å². The summed E-state index contributed by atoms with van der Waals surface area (Å²) in [5, 5.41) is 3.31. The Morgan fingerprint density at radius 2 is 2.33 bits per heavy atom. The van der Waals surface area contributed by atoms with Crippen LogP contribution >= 0.6 is 0 Å². The largest absolute Gasteiger partial charge is 0.316 e. The van der Waals surface area contributed by atoms with E-state index in [1.165, 1.54) is 12.5 Å². The van der Waals surface area contributed by atoms with Crippen LogP contribution < -0.4 is 5.32 Å². The first-order valence-electron chi connectivity index (χ1n) is 5.60. The van der Waals surface area contributed by atoms with Gasteiger partial charge in [-0.05, 0) is 31.5 Å². The SMILES string of the molecule is CCNCC1(c2ncccc2F)CCC1. The van der Waals surface area contributed by atoms with Crippen molar-refractivity contribution in [1.29, 1.82) is 0 Å². The van der Waals surface area contributed by atoms with E-state index in [2.05, 4.69) is 17.2 Å². The third-order valence-corrected chi connectivity index (χ3v) is 3.28. The number of hydrogen-bond donors (Lipinski definition) is 1. The van der Waals surface area contributed by atoms with E-state index in [1.807, 2.05) is 0 Å². The van der Waals surface area contributed by atoms with Crippen LogP contribution in [0.1, 0.15) is 31.9 Å². The van der Waals surface area contributed by atoms with E-state index in [-0.39, 0.29) is 11.2 Å². The Kier molecular flexibility index (Phi) is 3.00. The summed E-state index contributed by atoms with van der Waals surface area (Å²) in [6.07, 6.45) is 4.97. The van der Waals surface area contributed by atoms with E-state index < -0.39 is 0 Å². The highest BCUT2D eigenvalue weighted by Crippen LogP contribution is 2.43. The molecule has 0 aromatic carbocycles. The summed E-state index contributed by atoms with van der Waals surface area (Å²) < 4.78 is 13.6. The first-order valence-corrected chi connectivity index (χ1v) is 5.60. The lowest BCUT2D eigenvalue weighted by atomic mass is 9.66. The van der Waals surface area contributed by atoms with Crippen molar-refractivity contribution in [3.8, 4) is 0 Å². The molecule has 0 saturated heterocycles. The van der Waals surface area contributed by atoms with E-state index >= 15 is 0 Å². The van der Waals surface area contributed by atoms with Crippen LogP contribution in [0.4, 0.5) is 4.39 Å². The fourth-order valence-corrected chi connectivity index (χ4v) is 2.24. The van der Waals surface area contributed by atoms with Crippen LogP contribution in [0.15, 0.2) is 18.3 Å². The molecule has 2 rings (SSSR count). The quantitative estimate of drug-likeness (QED) is 0.821. The predicted octanol–water partition coefficient (Wildman–Crippen LogP) is 2.25. The van der Waals surface area contributed by atoms with Gasteiger partial charge in [0, 0.05) is 18.2 Å². The van der Waals surface area contributed by atoms with E-state index in [0.29, 0.717) is 5.69 Å². The molecule has 82 valence electrons. The van der Waals surface area contributed by atoms with Gasteiger partial charge < -0.3 is 5.32 Å². The third-order valence-electron chi connectivity index (χ3n) is 3.28. The van der Waals surface area contributed by atoms with Crippen molar-refractivity contribution in [1.82, 2.24) is 10.3 Å². The van der Waals surface area contributed by atoms with E-state index in [0.717, 1.165) is 25.9 Å². The Morgan fingerprint density at radius 1 is 1.53 bits per heavy atom. The van der Waals surface area contributed by atoms with Crippen molar-refractivity contribution in [2.45, 2.75) is 31.6 Å². The topological polar surface area (TPSA) is 24.9 Å². The number of aromatic nitrogens is 1. The molecular formula is C12H17FN2. The van der Waals surface area contributed by atoms with Gasteiger partial charge >= 0.3 is 0 Å². The number of likely N-dealkylation sites (N-methyl/N-ethyl adjacent to an activating group) is 1. The summed E-state index contributed by atoms with van der Waals surface area (Å²) in [5.74, 6) is -0.157. The standard InChI is InChI=1S/C12H17FN2/c1-2-14-9-12(6-4-7-12)11-10(13)5-3-8-15-11/h3,5,8,14H,2,4,6-7,9H2,1H3. The van der Waals surface area contributed by atoms with Gasteiger partial charge in [0.25, 0.3) is 0 Å². The van der Waals surface area contributed by atoms with Gasteiger partial charge in [0.1, 0.15) is 5.82 Å². The Morgan fingerprint density at radius 3 is 2.87 bits per heavy atom. The molecule has 1 N–H and O–H groups in total. The fraction of sp³-hybridized carbons (Fsp3) is 0.583. The van der Waals surface area contributed by atoms with Crippen molar-refractivity contribution in [3.63, 3.8) is 0 Å². The second kappa shape index (κ2) is 4.27. The molecule has 0 atom stereocenters. The zero-order chi connectivity index (χ0) is 10.7. The van der Waals surface area contributed by atoms with E-state index in [4.69, 9.17) is 0 Å². The van der Waals surface area contributed by atoms with Crippen LogP contribution in [0.25, 0.3) is 0 Å². The molecule has 1 aliphatic rings. The lowest BCUT2D eigenvalue weighted by Crippen LogP contribution is -2.45. The van der Waals surface area contributed by atoms with Gasteiger partial charge in [0.15, 0.2) is 0 Å². The predicted molar refractivity (Wildman–Crippen MR) is 58.3 cm³/mol. The van der Waals surface area contributed by atoms with Gasteiger partial charge in [-0.2, -0.15) is 0 Å². The lowest BCUT2D eigenvalue weighted by molar-refractivity contribution is 0.220. The van der Waals surface area contributed by atoms with Crippen LogP contribution in [0.5, 0.6) is 0 Å². The van der Waals surface area contributed by atoms with Gasteiger partial charge in [-0.3, -0.25) is 4.98 Å². The maximum Gasteiger partial charge on any atom is 0.145 e. The van der Waals surface area contributed by atoms with Crippen molar-refractivity contribution >= 4 is 0 Å². The highest BCUT2D eigenvalue weighted by Gasteiger charge is 2.41. The molecule has 0 aliphatic heterocycles. The molecule has 15 heavy (non-hydrogen) atoms. The monoisotopic (exact) mass is 208 g/mol. The molecule has 0 radical (unpaired) electrons. The zero-order valence-corrected chi connectivity index (χ0v) is 9.09. The van der Waals surface area contributed by atoms with Crippen LogP contribution in [-0.2, 0) is 5.41 Å². The number of halogens is 1. The van der Waals surface area contributed by atoms with Crippen LogP contribution in [0, 0.1) is 5.82 Å². The molecule has 0 amide bonds. The van der Waals surface area contributed by atoms with Gasteiger partial charge in [-0.1, -0.05) is 13.3 Å². The summed E-state index contributed by atoms with van der Waals surface area (Å²) >= 11 is 0. The summed E-state index contributed by atoms with van der Waals surface area (Å²) in [6, 6.07) is 3.16. The number of nitrogens with zero attached hydrogens (tertiary/aromatic N) is 1. The Bertz CT molecular complexity index is 334. The minimum absolute atomic E-state index is 0.0403. The fourth-order valence-electron chi connectivity index (χ4n) is 2.24. The number of rotatable bonds is 4. The van der Waals surface area contributed by atoms with Crippen molar-refractivity contribution in [2.75, 3.05) is 13.1 Å². The highest BCUT2D eigenvalue weighted by molar-refractivity contribution is 5.23. The molecule has 1 saturated carbocycles. The molecule has 1 aromatic heterocycles. The number of nitrogens with one attached hydrogen (secondary N) is 1. The average molecular weight is 208 g/mol. The normalized spacial score (nSPS) is 18.5. The van der Waals surface area contributed by atoms with Crippen LogP contribution in [0.2, 0.25) is 0 Å². The molecule has 2 nitrogen and oxygen atoms in total. The molecule has 0 bridgehead atoms. The van der Waals surface area contributed by atoms with Crippen molar-refractivity contribution in [2.24, 2.45) is 0 Å². The number of hydrogen-bond acceptors (Lipinski definition) is 2. The summed E-state index contributed by atoms with van der Waals surface area (Å²) in [6.45, 7) is 3.84. The summed E-state index contributed by atoms with van der Waals surface area (Å²) in [4.78, 5) is 4.21. The Labute approximate surface area is 89.9 Å². The maximum absolute atomic E-state index is 13.6. The first-order chi connectivity index (χ1) is 7.28. The van der Waals surface area contributed by atoms with E-state index in [9.17, 15) is 4.39 Å². The second-order valence-corrected chi connectivity index (χ2v) is 4.25. The van der Waals surface area contributed by atoms with Gasteiger partial charge in [-0.25, -0.2) is 4.39 Å². The summed E-state index contributed by atoms with van der Waals surface area (Å²) in [5.41, 5.74) is 0.610. The van der Waals surface area contributed by atoms with Crippen molar-refractivity contribution in [3.05, 3.63) is 29.8 Å². The van der Waals surface area contributed by atoms with Crippen molar-refractivity contribution < 1.29 is 4.39 Å². The molecule has 0 spiro atoms. The van der Waals surface area contributed by atoms with Gasteiger partial charge in [0.2, 0.25) is 0 Å². The highest BCUT2D eigenvalue weighted by atomic mass is 19.1. The van der Waals surface area contributed by atoms with Gasteiger partial charge in [-0.15, -0.1) is 0 Å². The van der Waals surface area contributed by atoms with Crippen LogP contribution in [0.3, 0.4) is 0 Å². The third kappa shape index (κ3) is 1.88. The molecule has 0 unspecified atom stereocenters. The molecule has 1 aliphatic carbocycles. The van der Waals surface area contributed by atoms with E-state index in [1.54, 1.807) is 12.3 Å².